The van der Waals surface area contributed by atoms with Gasteiger partial charge in [-0.3, -0.25) is 0 Å². The van der Waals surface area contributed by atoms with Gasteiger partial charge in [0.15, 0.2) is 28.6 Å². The Hall–Kier alpha value is -3.75. The molecular formula is C28H30O8. The molecule has 0 amide bonds. The van der Waals surface area contributed by atoms with Gasteiger partial charge in [0.25, 0.3) is 0 Å². The molecule has 190 valence electrons. The maximum Gasteiger partial charge on any atom is 0.329 e. The van der Waals surface area contributed by atoms with Gasteiger partial charge < -0.3 is 33.5 Å². The standard InChI is InChI=1S/C28H30O8/c1-21-8-2-3-9-22(21)28(36-18-27(29)30)19-34-25-12-6-4-10-23(25)32-16-14-31-15-17-33-24-11-5-7-13-26(24)35-20-28/h2-13H,14-20H2,1H3,(H,29,30). The molecule has 0 aromatic heterocycles. The number of benzene rings is 3. The first-order chi connectivity index (χ1) is 17.6. The van der Waals surface area contributed by atoms with E-state index in [0.717, 1.165) is 11.1 Å². The minimum atomic E-state index is -1.25. The van der Waals surface area contributed by atoms with Crippen molar-refractivity contribution in [3.63, 3.8) is 0 Å². The van der Waals surface area contributed by atoms with E-state index < -0.39 is 18.2 Å². The molecule has 1 aliphatic heterocycles. The largest absolute Gasteiger partial charge is 0.487 e. The molecule has 0 fully saturated rings. The molecule has 0 unspecified atom stereocenters. The van der Waals surface area contributed by atoms with Crippen LogP contribution in [0.2, 0.25) is 0 Å². The van der Waals surface area contributed by atoms with Gasteiger partial charge in [-0.25, -0.2) is 4.79 Å². The molecule has 0 saturated carbocycles. The monoisotopic (exact) mass is 494 g/mol. The van der Waals surface area contributed by atoms with Crippen LogP contribution in [0.3, 0.4) is 0 Å². The fourth-order valence-corrected chi connectivity index (χ4v) is 3.93. The van der Waals surface area contributed by atoms with E-state index >= 15 is 0 Å². The van der Waals surface area contributed by atoms with Crippen LogP contribution >= 0.6 is 0 Å². The molecule has 1 aliphatic rings. The zero-order chi connectivity index (χ0) is 25.2. The molecule has 0 saturated heterocycles. The number of aryl methyl sites for hydroxylation is 1. The van der Waals surface area contributed by atoms with E-state index in [1.165, 1.54) is 0 Å². The molecule has 8 heteroatoms. The predicted molar refractivity (Wildman–Crippen MR) is 132 cm³/mol. The number of carbonyl (C=O) groups is 1. The van der Waals surface area contributed by atoms with Crippen molar-refractivity contribution < 1.29 is 38.3 Å². The second kappa shape index (κ2) is 12.3. The van der Waals surface area contributed by atoms with Crippen LogP contribution in [0.4, 0.5) is 0 Å². The molecule has 0 atom stereocenters. The first-order valence-corrected chi connectivity index (χ1v) is 11.8. The highest BCUT2D eigenvalue weighted by Crippen LogP contribution is 2.35. The molecule has 1 N–H and O–H groups in total. The summed E-state index contributed by atoms with van der Waals surface area (Å²) in [5, 5.41) is 9.47. The third kappa shape index (κ3) is 6.47. The van der Waals surface area contributed by atoms with E-state index in [4.69, 9.17) is 28.4 Å². The number of para-hydroxylation sites is 4. The lowest BCUT2D eigenvalue weighted by atomic mass is 9.91. The summed E-state index contributed by atoms with van der Waals surface area (Å²) in [6.07, 6.45) is 0. The van der Waals surface area contributed by atoms with Gasteiger partial charge in [-0.05, 0) is 42.3 Å². The molecule has 3 aromatic carbocycles. The third-order valence-electron chi connectivity index (χ3n) is 5.70. The minimum Gasteiger partial charge on any atom is -0.487 e. The highest BCUT2D eigenvalue weighted by atomic mass is 16.6. The van der Waals surface area contributed by atoms with Crippen molar-refractivity contribution in [2.24, 2.45) is 0 Å². The van der Waals surface area contributed by atoms with Crippen LogP contribution < -0.4 is 18.9 Å². The summed E-state index contributed by atoms with van der Waals surface area (Å²) in [6, 6.07) is 22.2. The van der Waals surface area contributed by atoms with Crippen LogP contribution in [0.5, 0.6) is 23.0 Å². The smallest absolute Gasteiger partial charge is 0.329 e. The highest BCUT2D eigenvalue weighted by Gasteiger charge is 2.38. The van der Waals surface area contributed by atoms with E-state index in [1.807, 2.05) is 67.6 Å². The SMILES string of the molecule is Cc1ccccc1C1(OCC(=O)O)COc2ccccc2OCCOCCOc2ccccc2OC1. The van der Waals surface area contributed by atoms with Crippen LogP contribution in [-0.4, -0.2) is 57.3 Å². The summed E-state index contributed by atoms with van der Waals surface area (Å²) in [5.74, 6) is 1.01. The highest BCUT2D eigenvalue weighted by molar-refractivity contribution is 5.68. The molecule has 0 aliphatic carbocycles. The first kappa shape index (κ1) is 25.3. The zero-order valence-electron chi connectivity index (χ0n) is 20.2. The molecule has 1 heterocycles. The van der Waals surface area contributed by atoms with Crippen molar-refractivity contribution in [3.8, 4) is 23.0 Å². The number of fused-ring (bicyclic) bond motifs is 2. The lowest BCUT2D eigenvalue weighted by molar-refractivity contribution is -0.157. The molecule has 0 bridgehead atoms. The Balaban J connectivity index is 1.74. The Morgan fingerprint density at radius 1 is 0.750 bits per heavy atom. The molecule has 0 radical (unpaired) electrons. The maximum absolute atomic E-state index is 11.6. The zero-order valence-corrected chi connectivity index (χ0v) is 20.2. The predicted octanol–water partition coefficient (Wildman–Crippen LogP) is 4.24. The average Bonchev–Trinajstić information content (AvgIpc) is 2.89. The average molecular weight is 495 g/mol. The number of hydrogen-bond acceptors (Lipinski definition) is 7. The van der Waals surface area contributed by atoms with E-state index in [9.17, 15) is 9.90 Å². The van der Waals surface area contributed by atoms with Gasteiger partial charge in [0.1, 0.15) is 33.0 Å². The van der Waals surface area contributed by atoms with Crippen molar-refractivity contribution in [3.05, 3.63) is 83.9 Å². The van der Waals surface area contributed by atoms with Crippen LogP contribution in [-0.2, 0) is 19.9 Å². The fourth-order valence-electron chi connectivity index (χ4n) is 3.93. The maximum atomic E-state index is 11.6. The first-order valence-electron chi connectivity index (χ1n) is 11.8. The molecule has 0 spiro atoms. The lowest BCUT2D eigenvalue weighted by Gasteiger charge is -2.35. The van der Waals surface area contributed by atoms with Gasteiger partial charge in [-0.15, -0.1) is 0 Å². The number of carboxylic acids is 1. The van der Waals surface area contributed by atoms with Gasteiger partial charge in [-0.1, -0.05) is 48.5 Å². The van der Waals surface area contributed by atoms with Crippen LogP contribution in [0.1, 0.15) is 11.1 Å². The summed E-state index contributed by atoms with van der Waals surface area (Å²) in [4.78, 5) is 11.6. The summed E-state index contributed by atoms with van der Waals surface area (Å²) in [5.41, 5.74) is 0.428. The fraction of sp³-hybridized carbons (Fsp3) is 0.321. The molecule has 4 rings (SSSR count). The second-order valence-electron chi connectivity index (χ2n) is 8.27. The van der Waals surface area contributed by atoms with Crippen LogP contribution in [0.25, 0.3) is 0 Å². The summed E-state index contributed by atoms with van der Waals surface area (Å²) in [6.45, 7) is 2.78. The second-order valence-corrected chi connectivity index (χ2v) is 8.27. The number of aliphatic carboxylic acids is 1. The molecule has 36 heavy (non-hydrogen) atoms. The number of ether oxygens (including phenoxy) is 6. The lowest BCUT2D eigenvalue weighted by Crippen LogP contribution is -2.44. The van der Waals surface area contributed by atoms with E-state index in [0.29, 0.717) is 49.4 Å². The van der Waals surface area contributed by atoms with Gasteiger partial charge >= 0.3 is 5.97 Å². The van der Waals surface area contributed by atoms with Gasteiger partial charge in [0.2, 0.25) is 0 Å². The van der Waals surface area contributed by atoms with Crippen molar-refractivity contribution in [1.82, 2.24) is 0 Å². The third-order valence-corrected chi connectivity index (χ3v) is 5.70. The Morgan fingerprint density at radius 3 is 1.72 bits per heavy atom. The van der Waals surface area contributed by atoms with Crippen LogP contribution in [0, 0.1) is 6.92 Å². The minimum absolute atomic E-state index is 0.0228. The number of carboxylic acid groups (broad SMARTS) is 1. The van der Waals surface area contributed by atoms with Gasteiger partial charge in [-0.2, -0.15) is 0 Å². The number of hydrogen-bond donors (Lipinski definition) is 1. The van der Waals surface area contributed by atoms with Crippen molar-refractivity contribution in [2.45, 2.75) is 12.5 Å². The van der Waals surface area contributed by atoms with Crippen molar-refractivity contribution in [2.75, 3.05) is 46.2 Å². The summed E-state index contributed by atoms with van der Waals surface area (Å²) >= 11 is 0. The normalized spacial score (nSPS) is 16.1. The van der Waals surface area contributed by atoms with E-state index in [1.54, 1.807) is 12.1 Å². The molecular weight excluding hydrogens is 464 g/mol. The van der Waals surface area contributed by atoms with E-state index in [2.05, 4.69) is 0 Å². The Bertz CT molecular complexity index is 1090. The quantitative estimate of drug-likeness (QED) is 0.576. The van der Waals surface area contributed by atoms with Crippen molar-refractivity contribution >= 4 is 5.97 Å². The summed E-state index contributed by atoms with van der Waals surface area (Å²) < 4.78 is 35.9. The topological polar surface area (TPSA) is 92.7 Å². The van der Waals surface area contributed by atoms with Gasteiger partial charge in [0.05, 0.1) is 13.2 Å². The Morgan fingerprint density at radius 2 is 1.22 bits per heavy atom. The summed E-state index contributed by atoms with van der Waals surface area (Å²) in [7, 11) is 0. The molecule has 8 nitrogen and oxygen atoms in total. The van der Waals surface area contributed by atoms with Crippen LogP contribution in [0.15, 0.2) is 72.8 Å². The van der Waals surface area contributed by atoms with E-state index in [-0.39, 0.29) is 13.2 Å². The molecule has 3 aromatic rings. The Labute approximate surface area is 210 Å². The Kier molecular flexibility index (Phi) is 8.65. The van der Waals surface area contributed by atoms with Crippen molar-refractivity contribution in [1.29, 1.82) is 0 Å². The number of rotatable bonds is 4. The van der Waals surface area contributed by atoms with Gasteiger partial charge in [0, 0.05) is 0 Å².